The van der Waals surface area contributed by atoms with Crippen molar-refractivity contribution in [2.24, 2.45) is 17.8 Å². The Bertz CT molecular complexity index is 222. The number of hydrogen-bond donors (Lipinski definition) is 0. The fraction of sp³-hybridized carbons (Fsp3) is 0.900. The molecule has 2 nitrogen and oxygen atoms in total. The molecule has 3 fully saturated rings. The van der Waals surface area contributed by atoms with Crippen molar-refractivity contribution in [2.45, 2.75) is 38.2 Å². The third kappa shape index (κ3) is 0.782. The van der Waals surface area contributed by atoms with Gasteiger partial charge in [-0.2, -0.15) is 0 Å². The molecule has 12 heavy (non-hydrogen) atoms. The van der Waals surface area contributed by atoms with Gasteiger partial charge in [-0.05, 0) is 43.9 Å². The summed E-state index contributed by atoms with van der Waals surface area (Å²) >= 11 is 0. The van der Waals surface area contributed by atoms with E-state index >= 15 is 0 Å². The molecule has 2 bridgehead atoms. The van der Waals surface area contributed by atoms with E-state index in [1.165, 1.54) is 12.8 Å². The molecule has 2 aliphatic carbocycles. The van der Waals surface area contributed by atoms with Crippen molar-refractivity contribution in [1.29, 1.82) is 0 Å². The number of esters is 1. The topological polar surface area (TPSA) is 26.3 Å². The number of carbonyl (C=O) groups excluding carboxylic acids is 1. The minimum atomic E-state index is 0.0978. The standard InChI is InChI=1S/C10H14O2/c11-10-7-4-6-2-1-3-9(12-10)8(6)5-7/h6-9H,1-5H2/t6-,7+,8+,9-/m0/s1. The summed E-state index contributed by atoms with van der Waals surface area (Å²) in [6, 6.07) is 0. The number of hydrogen-bond acceptors (Lipinski definition) is 2. The molecule has 0 unspecified atom stereocenters. The Labute approximate surface area is 72.3 Å². The maximum absolute atomic E-state index is 11.4. The Morgan fingerprint density at radius 3 is 3.08 bits per heavy atom. The molecule has 1 saturated heterocycles. The molecule has 0 aromatic carbocycles. The maximum Gasteiger partial charge on any atom is 0.309 e. The smallest absolute Gasteiger partial charge is 0.309 e. The highest BCUT2D eigenvalue weighted by Gasteiger charge is 2.49. The van der Waals surface area contributed by atoms with Gasteiger partial charge in [0.05, 0.1) is 5.92 Å². The van der Waals surface area contributed by atoms with E-state index in [0.29, 0.717) is 6.10 Å². The molecule has 3 aliphatic rings. The molecule has 1 heterocycles. The Morgan fingerprint density at radius 1 is 1.25 bits per heavy atom. The lowest BCUT2D eigenvalue weighted by atomic mass is 9.79. The van der Waals surface area contributed by atoms with E-state index in [1.54, 1.807) is 0 Å². The molecular formula is C10H14O2. The highest BCUT2D eigenvalue weighted by molar-refractivity contribution is 5.74. The van der Waals surface area contributed by atoms with E-state index in [2.05, 4.69) is 0 Å². The van der Waals surface area contributed by atoms with E-state index in [9.17, 15) is 4.79 Å². The zero-order valence-corrected chi connectivity index (χ0v) is 7.16. The number of fused-ring (bicyclic) bond motifs is 1. The summed E-state index contributed by atoms with van der Waals surface area (Å²) < 4.78 is 5.41. The van der Waals surface area contributed by atoms with Gasteiger partial charge in [0.2, 0.25) is 0 Å². The van der Waals surface area contributed by atoms with Crippen molar-refractivity contribution >= 4 is 5.97 Å². The van der Waals surface area contributed by atoms with Gasteiger partial charge in [0.15, 0.2) is 0 Å². The molecule has 0 radical (unpaired) electrons. The first-order valence-corrected chi connectivity index (χ1v) is 5.05. The van der Waals surface area contributed by atoms with Crippen LogP contribution in [0.3, 0.4) is 0 Å². The van der Waals surface area contributed by atoms with Gasteiger partial charge >= 0.3 is 5.97 Å². The van der Waals surface area contributed by atoms with Crippen LogP contribution in [0.2, 0.25) is 0 Å². The lowest BCUT2D eigenvalue weighted by Crippen LogP contribution is -2.36. The maximum atomic E-state index is 11.4. The van der Waals surface area contributed by atoms with Gasteiger partial charge in [0.25, 0.3) is 0 Å². The Morgan fingerprint density at radius 2 is 2.17 bits per heavy atom. The second-order valence-electron chi connectivity index (χ2n) is 4.50. The average Bonchev–Trinajstić information content (AvgIpc) is 2.46. The van der Waals surface area contributed by atoms with Gasteiger partial charge in [-0.1, -0.05) is 0 Å². The molecule has 3 rings (SSSR count). The number of ether oxygens (including phenoxy) is 1. The fourth-order valence-electron chi connectivity index (χ4n) is 3.32. The largest absolute Gasteiger partial charge is 0.462 e. The van der Waals surface area contributed by atoms with E-state index in [1.807, 2.05) is 0 Å². The van der Waals surface area contributed by atoms with Crippen LogP contribution >= 0.6 is 0 Å². The van der Waals surface area contributed by atoms with Crippen molar-refractivity contribution in [1.82, 2.24) is 0 Å². The van der Waals surface area contributed by atoms with E-state index in [4.69, 9.17) is 4.74 Å². The van der Waals surface area contributed by atoms with Crippen molar-refractivity contribution in [3.8, 4) is 0 Å². The first-order chi connectivity index (χ1) is 5.84. The zero-order chi connectivity index (χ0) is 8.13. The lowest BCUT2D eigenvalue weighted by Gasteiger charge is -2.34. The van der Waals surface area contributed by atoms with Gasteiger partial charge in [-0.25, -0.2) is 0 Å². The van der Waals surface area contributed by atoms with E-state index < -0.39 is 0 Å². The summed E-state index contributed by atoms with van der Waals surface area (Å²) in [5, 5.41) is 0. The minimum absolute atomic E-state index is 0.0978. The van der Waals surface area contributed by atoms with Crippen molar-refractivity contribution in [3.63, 3.8) is 0 Å². The molecule has 2 heteroatoms. The fourth-order valence-corrected chi connectivity index (χ4v) is 3.32. The summed E-state index contributed by atoms with van der Waals surface area (Å²) in [7, 11) is 0. The van der Waals surface area contributed by atoms with Gasteiger partial charge < -0.3 is 4.74 Å². The molecule has 0 amide bonds. The highest BCUT2D eigenvalue weighted by atomic mass is 16.5. The molecule has 0 aromatic rings. The molecule has 4 atom stereocenters. The molecule has 0 aromatic heterocycles. The summed E-state index contributed by atoms with van der Waals surface area (Å²) in [6.07, 6.45) is 6.29. The van der Waals surface area contributed by atoms with E-state index in [-0.39, 0.29) is 11.9 Å². The third-order valence-electron chi connectivity index (χ3n) is 3.89. The number of carbonyl (C=O) groups is 1. The monoisotopic (exact) mass is 166 g/mol. The summed E-state index contributed by atoms with van der Waals surface area (Å²) in [5.41, 5.74) is 0. The third-order valence-corrected chi connectivity index (χ3v) is 3.89. The predicted molar refractivity (Wildman–Crippen MR) is 43.4 cm³/mol. The van der Waals surface area contributed by atoms with Crippen molar-refractivity contribution in [2.75, 3.05) is 0 Å². The lowest BCUT2D eigenvalue weighted by molar-refractivity contribution is -0.163. The van der Waals surface area contributed by atoms with E-state index in [0.717, 1.165) is 31.1 Å². The molecular weight excluding hydrogens is 152 g/mol. The summed E-state index contributed by atoms with van der Waals surface area (Å²) in [4.78, 5) is 11.4. The van der Waals surface area contributed by atoms with Crippen molar-refractivity contribution < 1.29 is 9.53 Å². The van der Waals surface area contributed by atoms with Gasteiger partial charge in [0, 0.05) is 0 Å². The van der Waals surface area contributed by atoms with Crippen LogP contribution in [0, 0.1) is 17.8 Å². The Hall–Kier alpha value is -0.530. The molecule has 0 spiro atoms. The first-order valence-electron chi connectivity index (χ1n) is 5.05. The van der Waals surface area contributed by atoms with Crippen LogP contribution in [-0.4, -0.2) is 12.1 Å². The van der Waals surface area contributed by atoms with Crippen LogP contribution in [0.5, 0.6) is 0 Å². The summed E-state index contributed by atoms with van der Waals surface area (Å²) in [6.45, 7) is 0. The normalized spacial score (nSPS) is 50.5. The molecule has 1 aliphatic heterocycles. The zero-order valence-electron chi connectivity index (χ0n) is 7.16. The SMILES string of the molecule is O=C1O[C@H]2CCC[C@H]3C[C@@H]1C[C@H]32. The van der Waals surface area contributed by atoms with Gasteiger partial charge in [0.1, 0.15) is 6.10 Å². The van der Waals surface area contributed by atoms with Gasteiger partial charge in [-0.15, -0.1) is 0 Å². The van der Waals surface area contributed by atoms with Crippen LogP contribution in [-0.2, 0) is 9.53 Å². The molecule has 66 valence electrons. The minimum Gasteiger partial charge on any atom is -0.462 e. The first kappa shape index (κ1) is 6.93. The second-order valence-corrected chi connectivity index (χ2v) is 4.50. The predicted octanol–water partition coefficient (Wildman–Crippen LogP) is 1.74. The van der Waals surface area contributed by atoms with Crippen molar-refractivity contribution in [3.05, 3.63) is 0 Å². The van der Waals surface area contributed by atoms with Crippen LogP contribution in [0.15, 0.2) is 0 Å². The highest BCUT2D eigenvalue weighted by Crippen LogP contribution is 2.49. The number of rotatable bonds is 0. The quantitative estimate of drug-likeness (QED) is 0.512. The van der Waals surface area contributed by atoms with Gasteiger partial charge in [-0.3, -0.25) is 4.79 Å². The Balaban J connectivity index is 1.93. The molecule has 0 N–H and O–H groups in total. The van der Waals surface area contributed by atoms with Crippen LogP contribution in [0.4, 0.5) is 0 Å². The van der Waals surface area contributed by atoms with Crippen LogP contribution < -0.4 is 0 Å². The van der Waals surface area contributed by atoms with Crippen LogP contribution in [0.25, 0.3) is 0 Å². The average molecular weight is 166 g/mol. The summed E-state index contributed by atoms with van der Waals surface area (Å²) in [5.74, 6) is 1.93. The molecule has 2 saturated carbocycles. The van der Waals surface area contributed by atoms with Crippen LogP contribution in [0.1, 0.15) is 32.1 Å². The second kappa shape index (κ2) is 2.24. The Kier molecular flexibility index (Phi) is 1.29.